The fourth-order valence-corrected chi connectivity index (χ4v) is 2.39. The van der Waals surface area contributed by atoms with Crippen LogP contribution in [0.5, 0.6) is 5.75 Å². The van der Waals surface area contributed by atoms with Crippen LogP contribution in [0, 0.1) is 11.7 Å². The number of rotatable bonds is 4. The second-order valence-electron chi connectivity index (χ2n) is 5.00. The van der Waals surface area contributed by atoms with Gasteiger partial charge in [0.25, 0.3) is 0 Å². The molecule has 0 spiro atoms. The number of aromatic nitrogens is 3. The Morgan fingerprint density at radius 2 is 1.91 bits per heavy atom. The van der Waals surface area contributed by atoms with Crippen molar-refractivity contribution < 1.29 is 4.74 Å². The Balaban J connectivity index is 1.97. The highest BCUT2D eigenvalue weighted by Gasteiger charge is 2.09. The lowest BCUT2D eigenvalue weighted by Crippen LogP contribution is -1.96. The third kappa shape index (κ3) is 3.22. The maximum Gasteiger partial charge on any atom is 0.216 e. The second kappa shape index (κ2) is 6.58. The molecule has 1 aromatic heterocycles. The lowest BCUT2D eigenvalue weighted by Gasteiger charge is -2.04. The molecule has 2 aromatic carbocycles. The fourth-order valence-electron chi connectivity index (χ4n) is 2.21. The summed E-state index contributed by atoms with van der Waals surface area (Å²) in [5.41, 5.74) is 3.05. The minimum absolute atomic E-state index is 0.452. The summed E-state index contributed by atoms with van der Waals surface area (Å²) in [6.07, 6.45) is 1.74. The van der Waals surface area contributed by atoms with E-state index in [0.717, 1.165) is 22.4 Å². The van der Waals surface area contributed by atoms with Gasteiger partial charge in [0.15, 0.2) is 5.82 Å². The Morgan fingerprint density at radius 1 is 1.17 bits per heavy atom. The van der Waals surface area contributed by atoms with Gasteiger partial charge in [-0.05, 0) is 54.5 Å². The number of benzene rings is 2. The SMILES string of the molecule is COc1ccc(/C=N\n2c(-c3ccccc3C)n[nH]c2=S)cc1. The molecule has 0 bridgehead atoms. The van der Waals surface area contributed by atoms with Gasteiger partial charge in [-0.1, -0.05) is 24.3 Å². The second-order valence-corrected chi connectivity index (χ2v) is 5.38. The first kappa shape index (κ1) is 15.2. The number of nitrogens with one attached hydrogen (secondary N) is 1. The van der Waals surface area contributed by atoms with Crippen LogP contribution in [-0.2, 0) is 0 Å². The number of ether oxygens (including phenoxy) is 1. The number of hydrogen-bond donors (Lipinski definition) is 1. The number of methoxy groups -OCH3 is 1. The van der Waals surface area contributed by atoms with E-state index >= 15 is 0 Å². The van der Waals surface area contributed by atoms with Crippen molar-refractivity contribution in [1.29, 1.82) is 0 Å². The Hall–Kier alpha value is -2.73. The predicted octanol–water partition coefficient (Wildman–Crippen LogP) is 3.81. The number of aromatic amines is 1. The van der Waals surface area contributed by atoms with Crippen LogP contribution in [0.2, 0.25) is 0 Å². The smallest absolute Gasteiger partial charge is 0.216 e. The molecule has 0 aliphatic rings. The first-order valence-corrected chi connectivity index (χ1v) is 7.51. The average molecular weight is 324 g/mol. The molecule has 3 rings (SSSR count). The Labute approximate surface area is 139 Å². The molecular formula is C17H16N4OS. The number of aryl methyl sites for hydroxylation is 1. The Bertz CT molecular complexity index is 893. The van der Waals surface area contributed by atoms with Crippen LogP contribution in [0.3, 0.4) is 0 Å². The summed E-state index contributed by atoms with van der Waals surface area (Å²) in [5, 5.41) is 11.6. The monoisotopic (exact) mass is 324 g/mol. The van der Waals surface area contributed by atoms with Crippen molar-refractivity contribution in [2.75, 3.05) is 7.11 Å². The molecule has 0 saturated heterocycles. The molecule has 1 heterocycles. The van der Waals surface area contributed by atoms with Gasteiger partial charge >= 0.3 is 0 Å². The quantitative estimate of drug-likeness (QED) is 0.586. The van der Waals surface area contributed by atoms with E-state index in [9.17, 15) is 0 Å². The molecule has 23 heavy (non-hydrogen) atoms. The lowest BCUT2D eigenvalue weighted by atomic mass is 10.1. The molecular weight excluding hydrogens is 308 g/mol. The van der Waals surface area contributed by atoms with Gasteiger partial charge < -0.3 is 4.74 Å². The first-order valence-electron chi connectivity index (χ1n) is 7.11. The molecule has 0 unspecified atom stereocenters. The van der Waals surface area contributed by atoms with Crippen LogP contribution < -0.4 is 4.74 Å². The number of hydrogen-bond acceptors (Lipinski definition) is 4. The van der Waals surface area contributed by atoms with Crippen molar-refractivity contribution in [2.45, 2.75) is 6.92 Å². The van der Waals surface area contributed by atoms with E-state index < -0.39 is 0 Å². The molecule has 0 amide bonds. The van der Waals surface area contributed by atoms with E-state index in [1.807, 2.05) is 55.5 Å². The van der Waals surface area contributed by atoms with Crippen LogP contribution in [-0.4, -0.2) is 28.2 Å². The predicted molar refractivity (Wildman–Crippen MR) is 93.6 cm³/mol. The standard InChI is InChI=1S/C17H16N4OS/c1-12-5-3-4-6-15(12)16-19-20-17(23)21(16)18-11-13-7-9-14(22-2)10-8-13/h3-11H,1-2H3,(H,20,23)/b18-11-. The zero-order valence-corrected chi connectivity index (χ0v) is 13.7. The van der Waals surface area contributed by atoms with E-state index in [-0.39, 0.29) is 0 Å². The Morgan fingerprint density at radius 3 is 2.61 bits per heavy atom. The molecule has 6 heteroatoms. The van der Waals surface area contributed by atoms with Crippen LogP contribution in [0.1, 0.15) is 11.1 Å². The van der Waals surface area contributed by atoms with Crippen LogP contribution in [0.25, 0.3) is 11.4 Å². The molecule has 3 aromatic rings. The molecule has 5 nitrogen and oxygen atoms in total. The lowest BCUT2D eigenvalue weighted by molar-refractivity contribution is 0.415. The van der Waals surface area contributed by atoms with Crippen LogP contribution >= 0.6 is 12.2 Å². The summed E-state index contributed by atoms with van der Waals surface area (Å²) in [6.45, 7) is 2.03. The highest BCUT2D eigenvalue weighted by molar-refractivity contribution is 7.71. The number of nitrogens with zero attached hydrogens (tertiary/aromatic N) is 3. The van der Waals surface area contributed by atoms with Gasteiger partial charge in [-0.25, -0.2) is 5.10 Å². The van der Waals surface area contributed by atoms with Gasteiger partial charge in [-0.15, -0.1) is 0 Å². The van der Waals surface area contributed by atoms with E-state index in [0.29, 0.717) is 10.6 Å². The minimum atomic E-state index is 0.452. The normalized spacial score (nSPS) is 11.0. The molecule has 0 atom stereocenters. The molecule has 0 fully saturated rings. The van der Waals surface area contributed by atoms with Gasteiger partial charge in [0.1, 0.15) is 5.75 Å². The summed E-state index contributed by atoms with van der Waals surface area (Å²) in [7, 11) is 1.64. The summed E-state index contributed by atoms with van der Waals surface area (Å²) in [6, 6.07) is 15.6. The van der Waals surface area contributed by atoms with Crippen molar-refractivity contribution in [2.24, 2.45) is 5.10 Å². The van der Waals surface area contributed by atoms with Crippen molar-refractivity contribution >= 4 is 18.4 Å². The van der Waals surface area contributed by atoms with Crippen molar-refractivity contribution in [3.8, 4) is 17.1 Å². The minimum Gasteiger partial charge on any atom is -0.497 e. The van der Waals surface area contributed by atoms with E-state index in [2.05, 4.69) is 15.3 Å². The summed E-state index contributed by atoms with van der Waals surface area (Å²) in [4.78, 5) is 0. The van der Waals surface area contributed by atoms with Gasteiger partial charge in [-0.3, -0.25) is 0 Å². The van der Waals surface area contributed by atoms with E-state index in [1.54, 1.807) is 18.0 Å². The molecule has 0 radical (unpaired) electrons. The van der Waals surface area contributed by atoms with Crippen molar-refractivity contribution in [3.05, 3.63) is 64.4 Å². The molecule has 0 aliphatic carbocycles. The van der Waals surface area contributed by atoms with E-state index in [4.69, 9.17) is 17.0 Å². The molecule has 116 valence electrons. The van der Waals surface area contributed by atoms with Gasteiger partial charge in [0.05, 0.1) is 13.3 Å². The fraction of sp³-hybridized carbons (Fsp3) is 0.118. The zero-order valence-electron chi connectivity index (χ0n) is 12.9. The number of H-pyrrole nitrogens is 1. The third-order valence-corrected chi connectivity index (χ3v) is 3.74. The van der Waals surface area contributed by atoms with Crippen LogP contribution in [0.4, 0.5) is 0 Å². The highest BCUT2D eigenvalue weighted by Crippen LogP contribution is 2.21. The van der Waals surface area contributed by atoms with Gasteiger partial charge in [-0.2, -0.15) is 14.9 Å². The Kier molecular flexibility index (Phi) is 4.34. The largest absolute Gasteiger partial charge is 0.497 e. The third-order valence-electron chi connectivity index (χ3n) is 3.47. The zero-order chi connectivity index (χ0) is 16.2. The first-order chi connectivity index (χ1) is 11.2. The maximum atomic E-state index is 5.28. The molecule has 1 N–H and O–H groups in total. The molecule has 0 saturated carbocycles. The van der Waals surface area contributed by atoms with E-state index in [1.165, 1.54) is 0 Å². The van der Waals surface area contributed by atoms with Gasteiger partial charge in [0.2, 0.25) is 4.77 Å². The molecule has 0 aliphatic heterocycles. The highest BCUT2D eigenvalue weighted by atomic mass is 32.1. The van der Waals surface area contributed by atoms with Gasteiger partial charge in [0, 0.05) is 5.56 Å². The maximum absolute atomic E-state index is 5.28. The summed E-state index contributed by atoms with van der Waals surface area (Å²) >= 11 is 5.28. The summed E-state index contributed by atoms with van der Waals surface area (Å²) < 4.78 is 7.23. The topological polar surface area (TPSA) is 55.2 Å². The van der Waals surface area contributed by atoms with Crippen molar-refractivity contribution in [1.82, 2.24) is 14.9 Å². The summed E-state index contributed by atoms with van der Waals surface area (Å²) in [5.74, 6) is 1.50. The average Bonchev–Trinajstić information content (AvgIpc) is 2.94. The van der Waals surface area contributed by atoms with Crippen LogP contribution in [0.15, 0.2) is 53.6 Å². The van der Waals surface area contributed by atoms with Crippen molar-refractivity contribution in [3.63, 3.8) is 0 Å².